The van der Waals surface area contributed by atoms with Crippen molar-refractivity contribution in [3.8, 4) is 0 Å². The van der Waals surface area contributed by atoms with Crippen molar-refractivity contribution >= 4 is 22.2 Å². The number of carbonyl (C=O) groups is 1. The second-order valence-electron chi connectivity index (χ2n) is 5.86. The van der Waals surface area contributed by atoms with Crippen LogP contribution in [-0.4, -0.2) is 25.1 Å². The molecule has 0 unspecified atom stereocenters. The summed E-state index contributed by atoms with van der Waals surface area (Å²) >= 11 is 1.58. The van der Waals surface area contributed by atoms with Crippen LogP contribution < -0.4 is 5.32 Å². The van der Waals surface area contributed by atoms with E-state index in [9.17, 15) is 4.79 Å². The van der Waals surface area contributed by atoms with Crippen molar-refractivity contribution in [2.45, 2.75) is 19.5 Å². The molecule has 1 atom stereocenters. The van der Waals surface area contributed by atoms with E-state index in [0.29, 0.717) is 12.1 Å². The van der Waals surface area contributed by atoms with Crippen LogP contribution in [0.15, 0.2) is 60.5 Å². The van der Waals surface area contributed by atoms with E-state index in [1.807, 2.05) is 70.3 Å². The molecule has 4 aromatic rings. The van der Waals surface area contributed by atoms with Crippen molar-refractivity contribution in [3.05, 3.63) is 77.3 Å². The smallest absolute Gasteiger partial charge is 0.251 e. The summed E-state index contributed by atoms with van der Waals surface area (Å²) in [5, 5.41) is 9.20. The molecule has 0 saturated heterocycles. The first-order valence-corrected chi connectivity index (χ1v) is 8.86. The van der Waals surface area contributed by atoms with Crippen LogP contribution >= 0.6 is 11.3 Å². The largest absolute Gasteiger partial charge is 0.344 e. The molecule has 4 rings (SSSR count). The molecule has 0 fully saturated rings. The fraction of sp³-hybridized carbons (Fsp3) is 0.167. The molecule has 0 aliphatic rings. The molecule has 0 bridgehead atoms. The summed E-state index contributed by atoms with van der Waals surface area (Å²) in [6, 6.07) is 9.33. The van der Waals surface area contributed by atoms with Crippen molar-refractivity contribution < 1.29 is 4.79 Å². The Morgan fingerprint density at radius 3 is 3.04 bits per heavy atom. The van der Waals surface area contributed by atoms with Gasteiger partial charge in [-0.15, -0.1) is 11.3 Å². The van der Waals surface area contributed by atoms with Gasteiger partial charge in [0.1, 0.15) is 0 Å². The molecule has 0 spiro atoms. The fourth-order valence-corrected chi connectivity index (χ4v) is 3.41. The lowest BCUT2D eigenvalue weighted by atomic mass is 10.1. The molecule has 1 amide bonds. The highest BCUT2D eigenvalue weighted by Crippen LogP contribution is 2.17. The lowest BCUT2D eigenvalue weighted by Gasteiger charge is -2.12. The first kappa shape index (κ1) is 15.6. The summed E-state index contributed by atoms with van der Waals surface area (Å²) in [6.45, 7) is 2.58. The number of fused-ring (bicyclic) bond motifs is 1. The number of hydrogen-bond donors (Lipinski definition) is 1. The maximum atomic E-state index is 12.6. The molecule has 3 aromatic heterocycles. The van der Waals surface area contributed by atoms with Crippen LogP contribution in [-0.2, 0) is 6.54 Å². The Labute approximate surface area is 148 Å². The number of nitrogens with one attached hydrogen (secondary N) is 1. The minimum absolute atomic E-state index is 0.105. The van der Waals surface area contributed by atoms with Crippen LogP contribution in [0.3, 0.4) is 0 Å². The average Bonchev–Trinajstić information content (AvgIpc) is 3.32. The second-order valence-corrected chi connectivity index (χ2v) is 6.73. The minimum atomic E-state index is -0.158. The highest BCUT2D eigenvalue weighted by atomic mass is 32.1. The molecular weight excluding hydrogens is 334 g/mol. The summed E-state index contributed by atoms with van der Waals surface area (Å²) in [5.41, 5.74) is 2.52. The lowest BCUT2D eigenvalue weighted by molar-refractivity contribution is 0.0939. The molecule has 1 N–H and O–H groups in total. The monoisotopic (exact) mass is 351 g/mol. The number of rotatable bonds is 5. The number of imidazole rings is 1. The van der Waals surface area contributed by atoms with E-state index in [1.54, 1.807) is 17.5 Å². The Morgan fingerprint density at radius 1 is 1.32 bits per heavy atom. The van der Waals surface area contributed by atoms with Crippen LogP contribution in [0.25, 0.3) is 4.96 Å². The Balaban J connectivity index is 1.47. The van der Waals surface area contributed by atoms with Crippen molar-refractivity contribution in [2.75, 3.05) is 0 Å². The van der Waals surface area contributed by atoms with Gasteiger partial charge in [-0.05, 0) is 30.7 Å². The van der Waals surface area contributed by atoms with Gasteiger partial charge in [0.2, 0.25) is 0 Å². The number of nitrogens with zero attached hydrogens (tertiary/aromatic N) is 4. The molecule has 7 heteroatoms. The standard InChI is InChI=1S/C18H17N5OS/c1-13(16-12-22-8-9-25-18(22)21-16)20-17(24)15-5-2-4-14(10-15)11-23-7-3-6-19-23/h2-10,12-13H,11H2,1H3,(H,20,24)/t13-/m1/s1. The van der Waals surface area contributed by atoms with Crippen LogP contribution in [0.1, 0.15) is 34.6 Å². The van der Waals surface area contributed by atoms with Gasteiger partial charge < -0.3 is 5.32 Å². The minimum Gasteiger partial charge on any atom is -0.344 e. The predicted octanol–water partition coefficient (Wildman–Crippen LogP) is 3.13. The first-order valence-electron chi connectivity index (χ1n) is 7.98. The van der Waals surface area contributed by atoms with Gasteiger partial charge in [-0.3, -0.25) is 13.9 Å². The van der Waals surface area contributed by atoms with Gasteiger partial charge in [0.05, 0.1) is 18.3 Å². The maximum absolute atomic E-state index is 12.6. The van der Waals surface area contributed by atoms with Crippen molar-refractivity contribution in [2.24, 2.45) is 0 Å². The maximum Gasteiger partial charge on any atom is 0.251 e. The highest BCUT2D eigenvalue weighted by molar-refractivity contribution is 7.15. The summed E-state index contributed by atoms with van der Waals surface area (Å²) in [5.74, 6) is -0.105. The van der Waals surface area contributed by atoms with Gasteiger partial charge in [0.25, 0.3) is 5.91 Å². The van der Waals surface area contributed by atoms with Crippen LogP contribution in [0, 0.1) is 0 Å². The molecule has 0 radical (unpaired) electrons. The lowest BCUT2D eigenvalue weighted by Crippen LogP contribution is -2.27. The van der Waals surface area contributed by atoms with E-state index >= 15 is 0 Å². The predicted molar refractivity (Wildman–Crippen MR) is 96.7 cm³/mol. The summed E-state index contributed by atoms with van der Waals surface area (Å²) in [4.78, 5) is 18.0. The first-order chi connectivity index (χ1) is 12.2. The molecule has 1 aromatic carbocycles. The van der Waals surface area contributed by atoms with Crippen LogP contribution in [0.2, 0.25) is 0 Å². The zero-order valence-corrected chi connectivity index (χ0v) is 14.5. The average molecular weight is 351 g/mol. The number of thiazole rings is 1. The second kappa shape index (κ2) is 6.52. The molecule has 25 heavy (non-hydrogen) atoms. The van der Waals surface area contributed by atoms with Gasteiger partial charge in [-0.2, -0.15) is 5.10 Å². The van der Waals surface area contributed by atoms with E-state index in [1.165, 1.54) is 0 Å². The number of carbonyl (C=O) groups excluding carboxylic acids is 1. The fourth-order valence-electron chi connectivity index (χ4n) is 2.70. The third-order valence-electron chi connectivity index (χ3n) is 4.00. The summed E-state index contributed by atoms with van der Waals surface area (Å²) in [6.07, 6.45) is 7.56. The van der Waals surface area contributed by atoms with Crippen molar-refractivity contribution in [3.63, 3.8) is 0 Å². The zero-order chi connectivity index (χ0) is 17.2. The third-order valence-corrected chi connectivity index (χ3v) is 4.77. The number of benzene rings is 1. The van der Waals surface area contributed by atoms with E-state index in [0.717, 1.165) is 16.2 Å². The van der Waals surface area contributed by atoms with Gasteiger partial charge in [-0.1, -0.05) is 12.1 Å². The van der Waals surface area contributed by atoms with E-state index in [-0.39, 0.29) is 11.9 Å². The molecule has 126 valence electrons. The topological polar surface area (TPSA) is 64.2 Å². The van der Waals surface area contributed by atoms with Gasteiger partial charge in [0, 0.05) is 35.7 Å². The van der Waals surface area contributed by atoms with Crippen molar-refractivity contribution in [1.29, 1.82) is 0 Å². The number of amides is 1. The van der Waals surface area contributed by atoms with Crippen LogP contribution in [0.5, 0.6) is 0 Å². The SMILES string of the molecule is C[C@@H](NC(=O)c1cccc(Cn2cccn2)c1)c1cn2ccsc2n1. The molecular formula is C18H17N5OS. The summed E-state index contributed by atoms with van der Waals surface area (Å²) < 4.78 is 3.80. The van der Waals surface area contributed by atoms with Crippen LogP contribution in [0.4, 0.5) is 0 Å². The Kier molecular flexibility index (Phi) is 4.07. The van der Waals surface area contributed by atoms with Crippen molar-refractivity contribution in [1.82, 2.24) is 24.5 Å². The van der Waals surface area contributed by atoms with Gasteiger partial charge in [-0.25, -0.2) is 4.98 Å². The molecule has 0 saturated carbocycles. The highest BCUT2D eigenvalue weighted by Gasteiger charge is 2.15. The Morgan fingerprint density at radius 2 is 2.24 bits per heavy atom. The summed E-state index contributed by atoms with van der Waals surface area (Å²) in [7, 11) is 0. The zero-order valence-electron chi connectivity index (χ0n) is 13.7. The van der Waals surface area contributed by atoms with Gasteiger partial charge in [0.15, 0.2) is 4.96 Å². The Hall–Kier alpha value is -2.93. The Bertz CT molecular complexity index is 973. The third kappa shape index (κ3) is 3.32. The number of aromatic nitrogens is 4. The molecule has 3 heterocycles. The normalized spacial score (nSPS) is 12.4. The number of hydrogen-bond acceptors (Lipinski definition) is 4. The quantitative estimate of drug-likeness (QED) is 0.601. The molecule has 0 aliphatic carbocycles. The molecule has 6 nitrogen and oxygen atoms in total. The van der Waals surface area contributed by atoms with E-state index in [2.05, 4.69) is 15.4 Å². The van der Waals surface area contributed by atoms with E-state index < -0.39 is 0 Å². The van der Waals surface area contributed by atoms with E-state index in [4.69, 9.17) is 0 Å². The van der Waals surface area contributed by atoms with Gasteiger partial charge >= 0.3 is 0 Å². The molecule has 0 aliphatic heterocycles.